The highest BCUT2D eigenvalue weighted by Gasteiger charge is 2.34. The number of ether oxygens (including phenoxy) is 2. The third-order valence-electron chi connectivity index (χ3n) is 5.66. The van der Waals surface area contributed by atoms with E-state index in [1.165, 1.54) is 11.0 Å². The molecule has 0 bridgehead atoms. The van der Waals surface area contributed by atoms with Gasteiger partial charge in [-0.3, -0.25) is 19.8 Å². The van der Waals surface area contributed by atoms with Crippen LogP contribution in [-0.2, 0) is 16.2 Å². The van der Waals surface area contributed by atoms with E-state index in [1.54, 1.807) is 25.3 Å². The molecule has 6 nitrogen and oxygen atoms in total. The Morgan fingerprint density at radius 1 is 0.971 bits per heavy atom. The summed E-state index contributed by atoms with van der Waals surface area (Å²) in [4.78, 5) is 27.4. The Hall–Kier alpha value is -3.97. The van der Waals surface area contributed by atoms with Gasteiger partial charge in [-0.2, -0.15) is 0 Å². The second kappa shape index (κ2) is 10.5. The smallest absolute Gasteiger partial charge is 0.270 e. The van der Waals surface area contributed by atoms with Gasteiger partial charge in [0.2, 0.25) is 0 Å². The molecule has 0 atom stereocenters. The van der Waals surface area contributed by atoms with Crippen molar-refractivity contribution >= 4 is 40.9 Å². The van der Waals surface area contributed by atoms with Crippen LogP contribution in [0.15, 0.2) is 78.4 Å². The van der Waals surface area contributed by atoms with Gasteiger partial charge in [0.05, 0.1) is 12.8 Å². The van der Waals surface area contributed by atoms with E-state index in [2.05, 4.69) is 19.2 Å². The van der Waals surface area contributed by atoms with Crippen molar-refractivity contribution in [3.05, 3.63) is 95.1 Å². The molecule has 4 rings (SSSR count). The summed E-state index contributed by atoms with van der Waals surface area (Å²) in [5.74, 6) is 0.384. The zero-order chi connectivity index (χ0) is 24.9. The first-order chi connectivity index (χ1) is 16.9. The molecule has 0 saturated carbocycles. The van der Waals surface area contributed by atoms with E-state index in [0.717, 1.165) is 11.1 Å². The van der Waals surface area contributed by atoms with Crippen LogP contribution in [-0.4, -0.2) is 24.0 Å². The number of thiocarbonyl (C=S) groups is 1. The van der Waals surface area contributed by atoms with Gasteiger partial charge in [0, 0.05) is 0 Å². The van der Waals surface area contributed by atoms with Gasteiger partial charge in [-0.15, -0.1) is 0 Å². The van der Waals surface area contributed by atoms with Crippen LogP contribution in [0.1, 0.15) is 36.5 Å². The zero-order valence-corrected chi connectivity index (χ0v) is 20.6. The molecule has 1 saturated heterocycles. The fraction of sp³-hybridized carbons (Fsp3) is 0.179. The molecule has 1 aliphatic rings. The molecule has 0 unspecified atom stereocenters. The highest BCUT2D eigenvalue weighted by atomic mass is 32.1. The number of hydrogen-bond acceptors (Lipinski definition) is 5. The molecule has 3 aromatic carbocycles. The van der Waals surface area contributed by atoms with Crippen molar-refractivity contribution in [2.75, 3.05) is 12.0 Å². The van der Waals surface area contributed by atoms with E-state index in [1.807, 2.05) is 54.6 Å². The van der Waals surface area contributed by atoms with Gasteiger partial charge in [0.1, 0.15) is 12.2 Å². The Labute approximate surface area is 210 Å². The molecule has 0 aliphatic carbocycles. The number of methoxy groups -OCH3 is 1. The Kier molecular flexibility index (Phi) is 7.27. The van der Waals surface area contributed by atoms with Crippen molar-refractivity contribution in [2.24, 2.45) is 0 Å². The number of nitrogens with one attached hydrogen (secondary N) is 1. The van der Waals surface area contributed by atoms with Gasteiger partial charge in [0.15, 0.2) is 16.6 Å². The first-order valence-electron chi connectivity index (χ1n) is 11.2. The number of hydrogen-bond donors (Lipinski definition) is 1. The maximum Gasteiger partial charge on any atom is 0.270 e. The van der Waals surface area contributed by atoms with Crippen molar-refractivity contribution in [3.63, 3.8) is 0 Å². The van der Waals surface area contributed by atoms with Crippen LogP contribution in [0.25, 0.3) is 6.08 Å². The quantitative estimate of drug-likeness (QED) is 0.281. The Morgan fingerprint density at radius 3 is 2.34 bits per heavy atom. The third-order valence-corrected chi connectivity index (χ3v) is 5.94. The molecular formula is C28H26N2O4S. The van der Waals surface area contributed by atoms with Crippen LogP contribution in [0.5, 0.6) is 11.5 Å². The normalized spacial score (nSPS) is 14.9. The molecule has 1 fully saturated rings. The highest BCUT2D eigenvalue weighted by molar-refractivity contribution is 7.80. The minimum absolute atomic E-state index is 0.0225. The van der Waals surface area contributed by atoms with Crippen molar-refractivity contribution in [3.8, 4) is 11.5 Å². The molecule has 35 heavy (non-hydrogen) atoms. The fourth-order valence-electron chi connectivity index (χ4n) is 3.70. The molecule has 1 N–H and O–H groups in total. The molecule has 2 amide bonds. The third kappa shape index (κ3) is 5.41. The summed E-state index contributed by atoms with van der Waals surface area (Å²) in [5.41, 5.74) is 3.34. The van der Waals surface area contributed by atoms with E-state index in [-0.39, 0.29) is 10.7 Å². The average molecular weight is 487 g/mol. The number of carbonyl (C=O) groups excluding carboxylic acids is 2. The maximum atomic E-state index is 13.3. The number of carbonyl (C=O) groups is 2. The summed E-state index contributed by atoms with van der Waals surface area (Å²) in [6.45, 7) is 4.55. The van der Waals surface area contributed by atoms with E-state index in [9.17, 15) is 9.59 Å². The topological polar surface area (TPSA) is 67.9 Å². The minimum Gasteiger partial charge on any atom is -0.493 e. The van der Waals surface area contributed by atoms with Gasteiger partial charge in [-0.1, -0.05) is 62.4 Å². The average Bonchev–Trinajstić information content (AvgIpc) is 2.86. The van der Waals surface area contributed by atoms with E-state index < -0.39 is 11.8 Å². The van der Waals surface area contributed by atoms with Crippen molar-refractivity contribution < 1.29 is 19.1 Å². The lowest BCUT2D eigenvalue weighted by Gasteiger charge is -2.29. The summed E-state index contributed by atoms with van der Waals surface area (Å²) in [6.07, 6.45) is 1.53. The maximum absolute atomic E-state index is 13.3. The summed E-state index contributed by atoms with van der Waals surface area (Å²) >= 11 is 5.31. The molecule has 178 valence electrons. The number of anilines is 1. The lowest BCUT2D eigenvalue weighted by Crippen LogP contribution is -2.54. The predicted octanol–water partition coefficient (Wildman–Crippen LogP) is 5.23. The van der Waals surface area contributed by atoms with Gasteiger partial charge in [-0.05, 0) is 65.2 Å². The Bertz CT molecular complexity index is 1280. The number of rotatable bonds is 7. The number of benzene rings is 3. The first-order valence-corrected chi connectivity index (χ1v) is 11.6. The highest BCUT2D eigenvalue weighted by Crippen LogP contribution is 2.31. The van der Waals surface area contributed by atoms with Crippen molar-refractivity contribution in [2.45, 2.75) is 26.4 Å². The SMILES string of the molecule is COc1ccc(/C=C2\C(=O)NC(=S)N(c3ccc(C(C)C)cc3)C2=O)cc1OCc1ccccc1. The van der Waals surface area contributed by atoms with Crippen LogP contribution in [0.4, 0.5) is 5.69 Å². The molecule has 7 heteroatoms. The predicted molar refractivity (Wildman–Crippen MR) is 141 cm³/mol. The summed E-state index contributed by atoms with van der Waals surface area (Å²) in [5, 5.41) is 2.68. The van der Waals surface area contributed by atoms with Gasteiger partial charge in [0.25, 0.3) is 11.8 Å². The molecule has 0 aromatic heterocycles. The molecule has 1 aliphatic heterocycles. The minimum atomic E-state index is -0.544. The molecule has 1 heterocycles. The van der Waals surface area contributed by atoms with Gasteiger partial charge in [-0.25, -0.2) is 0 Å². The first kappa shape index (κ1) is 24.2. The molecular weight excluding hydrogens is 460 g/mol. The van der Waals surface area contributed by atoms with Crippen LogP contribution in [0, 0.1) is 0 Å². The van der Waals surface area contributed by atoms with Crippen LogP contribution in [0.2, 0.25) is 0 Å². The lowest BCUT2D eigenvalue weighted by molar-refractivity contribution is -0.122. The Morgan fingerprint density at radius 2 is 1.69 bits per heavy atom. The largest absolute Gasteiger partial charge is 0.493 e. The van der Waals surface area contributed by atoms with Gasteiger partial charge >= 0.3 is 0 Å². The van der Waals surface area contributed by atoms with E-state index >= 15 is 0 Å². The molecule has 0 spiro atoms. The lowest BCUT2D eigenvalue weighted by atomic mass is 10.0. The van der Waals surface area contributed by atoms with Crippen molar-refractivity contribution in [1.82, 2.24) is 5.32 Å². The zero-order valence-electron chi connectivity index (χ0n) is 19.8. The standard InChI is InChI=1S/C28H26N2O4S/c1-18(2)21-10-12-22(13-11-21)30-27(32)23(26(31)29-28(30)35)15-20-9-14-24(33-3)25(16-20)34-17-19-7-5-4-6-8-19/h4-16,18H,17H2,1-3H3,(H,29,31,35)/b23-15+. The summed E-state index contributed by atoms with van der Waals surface area (Å²) in [7, 11) is 1.56. The number of amides is 2. The summed E-state index contributed by atoms with van der Waals surface area (Å²) < 4.78 is 11.4. The second-order valence-corrected chi connectivity index (χ2v) is 8.78. The Balaban J connectivity index is 1.62. The van der Waals surface area contributed by atoms with E-state index in [0.29, 0.717) is 35.3 Å². The second-order valence-electron chi connectivity index (χ2n) is 8.39. The van der Waals surface area contributed by atoms with Crippen LogP contribution in [0.3, 0.4) is 0 Å². The molecule has 3 aromatic rings. The number of nitrogens with zero attached hydrogens (tertiary/aromatic N) is 1. The van der Waals surface area contributed by atoms with E-state index in [4.69, 9.17) is 21.7 Å². The monoisotopic (exact) mass is 486 g/mol. The van der Waals surface area contributed by atoms with Crippen molar-refractivity contribution in [1.29, 1.82) is 0 Å². The van der Waals surface area contributed by atoms with Crippen LogP contribution < -0.4 is 19.7 Å². The van der Waals surface area contributed by atoms with Crippen LogP contribution >= 0.6 is 12.2 Å². The molecule has 0 radical (unpaired) electrons. The van der Waals surface area contributed by atoms with Gasteiger partial charge < -0.3 is 9.47 Å². The summed E-state index contributed by atoms with van der Waals surface area (Å²) in [6, 6.07) is 22.6. The fourth-order valence-corrected chi connectivity index (χ4v) is 3.98.